The molecule has 118 valence electrons. The fourth-order valence-electron chi connectivity index (χ4n) is 1.93. The molecule has 1 aliphatic heterocycles. The van der Waals surface area contributed by atoms with Gasteiger partial charge in [-0.15, -0.1) is 11.3 Å². The summed E-state index contributed by atoms with van der Waals surface area (Å²) in [6.45, 7) is 8.23. The Morgan fingerprint density at radius 3 is 2.76 bits per heavy atom. The third-order valence-electron chi connectivity index (χ3n) is 3.25. The fourth-order valence-corrected chi connectivity index (χ4v) is 2.68. The fraction of sp³-hybridized carbons (Fsp3) is 0.714. The minimum atomic E-state index is 0.231. The minimum absolute atomic E-state index is 0.231. The van der Waals surface area contributed by atoms with Crippen molar-refractivity contribution in [1.82, 2.24) is 15.6 Å². The Morgan fingerprint density at radius 2 is 2.24 bits per heavy atom. The molecule has 2 heterocycles. The average Bonchev–Trinajstić information content (AvgIpc) is 2.89. The Balaban J connectivity index is 1.89. The summed E-state index contributed by atoms with van der Waals surface area (Å²) >= 11 is 1.64. The molecule has 6 nitrogen and oxygen atoms in total. The summed E-state index contributed by atoms with van der Waals surface area (Å²) in [4.78, 5) is 11.1. The molecule has 0 aromatic carbocycles. The molecular formula is C14H25N5OS. The van der Waals surface area contributed by atoms with Crippen LogP contribution in [0.2, 0.25) is 0 Å². The van der Waals surface area contributed by atoms with Gasteiger partial charge in [0.2, 0.25) is 0 Å². The zero-order chi connectivity index (χ0) is 15.3. The molecule has 1 aromatic rings. The van der Waals surface area contributed by atoms with Gasteiger partial charge in [-0.05, 0) is 6.92 Å². The Bertz CT molecular complexity index is 481. The summed E-state index contributed by atoms with van der Waals surface area (Å²) in [6, 6.07) is 0. The van der Waals surface area contributed by atoms with Gasteiger partial charge in [-0.25, -0.2) is 9.98 Å². The van der Waals surface area contributed by atoms with Crippen molar-refractivity contribution in [2.75, 3.05) is 45.3 Å². The van der Waals surface area contributed by atoms with Crippen molar-refractivity contribution >= 4 is 22.4 Å². The zero-order valence-corrected chi connectivity index (χ0v) is 14.1. The van der Waals surface area contributed by atoms with E-state index in [1.807, 2.05) is 19.0 Å². The molecular weight excluding hydrogens is 286 g/mol. The lowest BCUT2D eigenvalue weighted by molar-refractivity contribution is -0.0971. The number of aliphatic imine (C=N–C) groups is 1. The summed E-state index contributed by atoms with van der Waals surface area (Å²) in [5.74, 6) is 0.838. The number of thiazole rings is 1. The number of ether oxygens (including phenoxy) is 1. The van der Waals surface area contributed by atoms with Crippen molar-refractivity contribution in [3.8, 4) is 0 Å². The molecule has 7 heteroatoms. The van der Waals surface area contributed by atoms with Gasteiger partial charge in [0.15, 0.2) is 11.1 Å². The number of anilines is 1. The molecule has 21 heavy (non-hydrogen) atoms. The third kappa shape index (κ3) is 4.57. The Kier molecular flexibility index (Phi) is 5.41. The van der Waals surface area contributed by atoms with E-state index in [1.165, 1.54) is 0 Å². The third-order valence-corrected chi connectivity index (χ3v) is 4.31. The first-order valence-electron chi connectivity index (χ1n) is 7.24. The molecule has 0 radical (unpaired) electrons. The zero-order valence-electron chi connectivity index (χ0n) is 13.3. The van der Waals surface area contributed by atoms with Crippen LogP contribution in [0.15, 0.2) is 10.4 Å². The van der Waals surface area contributed by atoms with Gasteiger partial charge in [0.05, 0.1) is 25.5 Å². The van der Waals surface area contributed by atoms with Crippen LogP contribution in [0.4, 0.5) is 5.13 Å². The maximum absolute atomic E-state index is 5.27. The van der Waals surface area contributed by atoms with E-state index in [1.54, 1.807) is 11.3 Å². The number of nitrogens with one attached hydrogen (secondary N) is 2. The highest BCUT2D eigenvalue weighted by atomic mass is 32.1. The Morgan fingerprint density at radius 1 is 1.48 bits per heavy atom. The molecule has 2 rings (SSSR count). The normalized spacial score (nSPS) is 17.2. The van der Waals surface area contributed by atoms with Gasteiger partial charge >= 0.3 is 0 Å². The highest BCUT2D eigenvalue weighted by Gasteiger charge is 2.33. The lowest BCUT2D eigenvalue weighted by Crippen LogP contribution is -2.51. The van der Waals surface area contributed by atoms with E-state index < -0.39 is 0 Å². The van der Waals surface area contributed by atoms with Crippen LogP contribution < -0.4 is 15.5 Å². The standard InChI is InChI=1S/C14H25N5OS/c1-5-15-12(17-8-14(2)9-20-10-14)16-6-11-7-21-13(18-11)19(3)4/h7H,5-6,8-10H2,1-4H3,(H2,15,16,17). The van der Waals surface area contributed by atoms with Crippen molar-refractivity contribution in [3.63, 3.8) is 0 Å². The molecule has 1 saturated heterocycles. The van der Waals surface area contributed by atoms with E-state index in [2.05, 4.69) is 39.8 Å². The molecule has 0 spiro atoms. The topological polar surface area (TPSA) is 61.8 Å². The molecule has 0 atom stereocenters. The first kappa shape index (κ1) is 16.0. The Labute approximate surface area is 130 Å². The average molecular weight is 311 g/mol. The first-order valence-corrected chi connectivity index (χ1v) is 8.12. The highest BCUT2D eigenvalue weighted by Crippen LogP contribution is 2.25. The molecule has 1 aliphatic rings. The summed E-state index contributed by atoms with van der Waals surface area (Å²) in [6.07, 6.45) is 0. The molecule has 0 bridgehead atoms. The molecule has 0 saturated carbocycles. The van der Waals surface area contributed by atoms with Crippen LogP contribution in [0.3, 0.4) is 0 Å². The quantitative estimate of drug-likeness (QED) is 0.612. The summed E-state index contributed by atoms with van der Waals surface area (Å²) in [7, 11) is 4.00. The molecule has 1 fully saturated rings. The van der Waals surface area contributed by atoms with Crippen LogP contribution in [0.25, 0.3) is 0 Å². The van der Waals surface area contributed by atoms with E-state index in [0.717, 1.165) is 43.1 Å². The SMILES string of the molecule is CCNC(=NCc1csc(N(C)C)n1)NCC1(C)COC1. The lowest BCUT2D eigenvalue weighted by atomic mass is 9.89. The predicted octanol–water partition coefficient (Wildman–Crippen LogP) is 1.30. The van der Waals surface area contributed by atoms with Gasteiger partial charge in [-0.2, -0.15) is 0 Å². The van der Waals surface area contributed by atoms with Crippen molar-refractivity contribution in [3.05, 3.63) is 11.1 Å². The van der Waals surface area contributed by atoms with E-state index >= 15 is 0 Å². The molecule has 2 N–H and O–H groups in total. The van der Waals surface area contributed by atoms with E-state index in [4.69, 9.17) is 4.74 Å². The molecule has 1 aromatic heterocycles. The van der Waals surface area contributed by atoms with E-state index in [0.29, 0.717) is 6.54 Å². The molecule has 0 aliphatic carbocycles. The number of nitrogens with zero attached hydrogens (tertiary/aromatic N) is 3. The van der Waals surface area contributed by atoms with Gasteiger partial charge in [-0.3, -0.25) is 0 Å². The van der Waals surface area contributed by atoms with Gasteiger partial charge in [0.25, 0.3) is 0 Å². The second kappa shape index (κ2) is 7.09. The van der Waals surface area contributed by atoms with Crippen molar-refractivity contribution in [1.29, 1.82) is 0 Å². The number of rotatable bonds is 6. The second-order valence-electron chi connectivity index (χ2n) is 5.87. The largest absolute Gasteiger partial charge is 0.380 e. The van der Waals surface area contributed by atoms with Crippen LogP contribution in [0.5, 0.6) is 0 Å². The number of aromatic nitrogens is 1. The summed E-state index contributed by atoms with van der Waals surface area (Å²) in [5.41, 5.74) is 1.23. The van der Waals surface area contributed by atoms with Gasteiger partial charge in [-0.1, -0.05) is 6.92 Å². The van der Waals surface area contributed by atoms with E-state index in [9.17, 15) is 0 Å². The van der Waals surface area contributed by atoms with Gasteiger partial charge in [0.1, 0.15) is 0 Å². The van der Waals surface area contributed by atoms with Crippen LogP contribution in [-0.2, 0) is 11.3 Å². The van der Waals surface area contributed by atoms with Crippen LogP contribution in [-0.4, -0.2) is 51.3 Å². The first-order chi connectivity index (χ1) is 10.0. The minimum Gasteiger partial charge on any atom is -0.380 e. The predicted molar refractivity (Wildman–Crippen MR) is 88.2 cm³/mol. The maximum atomic E-state index is 5.27. The van der Waals surface area contributed by atoms with Gasteiger partial charge in [0, 0.05) is 38.0 Å². The monoisotopic (exact) mass is 311 g/mol. The Hall–Kier alpha value is -1.34. The lowest BCUT2D eigenvalue weighted by Gasteiger charge is -2.38. The van der Waals surface area contributed by atoms with Crippen LogP contribution in [0, 0.1) is 5.41 Å². The number of guanidine groups is 1. The van der Waals surface area contributed by atoms with Crippen molar-refractivity contribution < 1.29 is 4.74 Å². The molecule has 0 unspecified atom stereocenters. The summed E-state index contributed by atoms with van der Waals surface area (Å²) < 4.78 is 5.27. The van der Waals surface area contributed by atoms with Crippen molar-refractivity contribution in [2.24, 2.45) is 10.4 Å². The summed E-state index contributed by atoms with van der Waals surface area (Å²) in [5, 5.41) is 9.72. The smallest absolute Gasteiger partial charge is 0.191 e. The number of hydrogen-bond donors (Lipinski definition) is 2. The van der Waals surface area contributed by atoms with Crippen LogP contribution in [0.1, 0.15) is 19.5 Å². The second-order valence-corrected chi connectivity index (χ2v) is 6.70. The highest BCUT2D eigenvalue weighted by molar-refractivity contribution is 7.13. The van der Waals surface area contributed by atoms with E-state index in [-0.39, 0.29) is 5.41 Å². The van der Waals surface area contributed by atoms with Crippen molar-refractivity contribution in [2.45, 2.75) is 20.4 Å². The molecule has 0 amide bonds. The maximum Gasteiger partial charge on any atom is 0.191 e. The van der Waals surface area contributed by atoms with Crippen LogP contribution >= 0.6 is 11.3 Å². The van der Waals surface area contributed by atoms with Gasteiger partial charge < -0.3 is 20.3 Å². The number of hydrogen-bond acceptors (Lipinski definition) is 5.